The summed E-state index contributed by atoms with van der Waals surface area (Å²) in [7, 11) is -2.47. The Morgan fingerprint density at radius 2 is 1.67 bits per heavy atom. The van der Waals surface area contributed by atoms with Gasteiger partial charge < -0.3 is 19.5 Å². The van der Waals surface area contributed by atoms with E-state index < -0.39 is 22.0 Å². The van der Waals surface area contributed by atoms with E-state index in [1.807, 2.05) is 30.3 Å². The molecule has 1 aliphatic heterocycles. The van der Waals surface area contributed by atoms with Gasteiger partial charge in [0.15, 0.2) is 11.5 Å². The van der Waals surface area contributed by atoms with Gasteiger partial charge in [-0.15, -0.1) is 0 Å². The van der Waals surface area contributed by atoms with Crippen LogP contribution in [0.3, 0.4) is 0 Å². The predicted molar refractivity (Wildman–Crippen MR) is 123 cm³/mol. The summed E-state index contributed by atoms with van der Waals surface area (Å²) in [6, 6.07) is 19.2. The van der Waals surface area contributed by atoms with Crippen LogP contribution < -0.4 is 24.2 Å². The highest BCUT2D eigenvalue weighted by molar-refractivity contribution is 7.89. The second-order valence-electron chi connectivity index (χ2n) is 7.39. The van der Waals surface area contributed by atoms with Crippen molar-refractivity contribution >= 4 is 21.6 Å². The lowest BCUT2D eigenvalue weighted by Gasteiger charge is -2.21. The smallest absolute Gasteiger partial charge is 0.242 e. The molecule has 3 aromatic rings. The topological polar surface area (TPSA) is 103 Å². The van der Waals surface area contributed by atoms with Crippen molar-refractivity contribution in [2.24, 2.45) is 0 Å². The van der Waals surface area contributed by atoms with Crippen molar-refractivity contribution in [2.75, 3.05) is 25.6 Å². The third-order valence-electron chi connectivity index (χ3n) is 5.08. The summed E-state index contributed by atoms with van der Waals surface area (Å²) in [4.78, 5) is 13.2. The van der Waals surface area contributed by atoms with Gasteiger partial charge in [-0.2, -0.15) is 4.72 Å². The Labute approximate surface area is 192 Å². The first-order valence-electron chi connectivity index (χ1n) is 10.4. The molecule has 33 heavy (non-hydrogen) atoms. The number of hydrogen-bond donors (Lipinski definition) is 2. The van der Waals surface area contributed by atoms with Gasteiger partial charge >= 0.3 is 0 Å². The molecule has 0 saturated heterocycles. The van der Waals surface area contributed by atoms with Crippen LogP contribution in [0.4, 0.5) is 5.69 Å². The van der Waals surface area contributed by atoms with Crippen molar-refractivity contribution < 1.29 is 27.4 Å². The van der Waals surface area contributed by atoms with Gasteiger partial charge in [-0.1, -0.05) is 30.3 Å². The number of hydrogen-bond acceptors (Lipinski definition) is 6. The van der Waals surface area contributed by atoms with Gasteiger partial charge in [0.05, 0.1) is 12.0 Å². The minimum Gasteiger partial charge on any atom is -0.497 e. The molecule has 4 rings (SSSR count). The van der Waals surface area contributed by atoms with Crippen LogP contribution in [0.15, 0.2) is 77.7 Å². The summed E-state index contributed by atoms with van der Waals surface area (Å²) in [5.41, 5.74) is 1.29. The number of methoxy groups -OCH3 is 1. The maximum Gasteiger partial charge on any atom is 0.242 e. The van der Waals surface area contributed by atoms with Gasteiger partial charge in [0.2, 0.25) is 15.9 Å². The number of carbonyl (C=O) groups excluding carboxylic acids is 1. The van der Waals surface area contributed by atoms with E-state index in [2.05, 4.69) is 10.0 Å². The first kappa shape index (κ1) is 22.6. The van der Waals surface area contributed by atoms with Crippen molar-refractivity contribution in [2.45, 2.75) is 17.4 Å². The Morgan fingerprint density at radius 1 is 0.970 bits per heavy atom. The molecule has 172 valence electrons. The van der Waals surface area contributed by atoms with Gasteiger partial charge in [0, 0.05) is 11.8 Å². The van der Waals surface area contributed by atoms with Crippen LogP contribution in [-0.2, 0) is 21.2 Å². The number of sulfonamides is 1. The molecule has 0 radical (unpaired) electrons. The SMILES string of the molecule is COc1ccc(S(=O)(=O)NC(Cc2ccccc2)C(=O)Nc2ccc3c(c2)OCCO3)cc1. The molecule has 0 bridgehead atoms. The molecule has 0 aliphatic carbocycles. The quantitative estimate of drug-likeness (QED) is 0.527. The Balaban J connectivity index is 1.56. The van der Waals surface area contributed by atoms with E-state index in [9.17, 15) is 13.2 Å². The second-order valence-corrected chi connectivity index (χ2v) is 9.10. The average Bonchev–Trinajstić information content (AvgIpc) is 2.84. The molecular weight excluding hydrogens is 444 g/mol. The lowest BCUT2D eigenvalue weighted by atomic mass is 10.1. The third-order valence-corrected chi connectivity index (χ3v) is 6.56. The Kier molecular flexibility index (Phi) is 6.81. The monoisotopic (exact) mass is 468 g/mol. The highest BCUT2D eigenvalue weighted by atomic mass is 32.2. The van der Waals surface area contributed by atoms with Gasteiger partial charge in [-0.25, -0.2) is 8.42 Å². The van der Waals surface area contributed by atoms with Gasteiger partial charge in [0.25, 0.3) is 0 Å². The molecule has 9 heteroatoms. The molecule has 0 saturated carbocycles. The zero-order valence-electron chi connectivity index (χ0n) is 18.0. The number of carbonyl (C=O) groups is 1. The van der Waals surface area contributed by atoms with Gasteiger partial charge in [0.1, 0.15) is 25.0 Å². The summed E-state index contributed by atoms with van der Waals surface area (Å²) in [5, 5.41) is 2.78. The lowest BCUT2D eigenvalue weighted by Crippen LogP contribution is -2.45. The van der Waals surface area contributed by atoms with E-state index in [4.69, 9.17) is 14.2 Å². The largest absolute Gasteiger partial charge is 0.497 e. The standard InChI is InChI=1S/C24H24N2O6S/c1-30-19-8-10-20(11-9-19)33(28,29)26-21(15-17-5-3-2-4-6-17)24(27)25-18-7-12-22-23(16-18)32-14-13-31-22/h2-12,16,21,26H,13-15H2,1H3,(H,25,27). The predicted octanol–water partition coefficient (Wildman–Crippen LogP) is 2.99. The average molecular weight is 469 g/mol. The maximum absolute atomic E-state index is 13.2. The van der Waals surface area contributed by atoms with E-state index in [-0.39, 0.29) is 11.3 Å². The Bertz CT molecular complexity index is 1210. The number of ether oxygens (including phenoxy) is 3. The molecule has 1 unspecified atom stereocenters. The van der Waals surface area contributed by atoms with Crippen LogP contribution >= 0.6 is 0 Å². The summed E-state index contributed by atoms with van der Waals surface area (Å²) in [5.74, 6) is 1.16. The number of fused-ring (bicyclic) bond motifs is 1. The van der Waals surface area contributed by atoms with Crippen LogP contribution in [0, 0.1) is 0 Å². The molecule has 1 aliphatic rings. The Hall–Kier alpha value is -3.56. The van der Waals surface area contributed by atoms with Crippen LogP contribution in [0.5, 0.6) is 17.2 Å². The summed E-state index contributed by atoms with van der Waals surface area (Å²) < 4.78 is 44.7. The maximum atomic E-state index is 13.2. The van der Waals surface area contributed by atoms with Crippen molar-refractivity contribution in [1.82, 2.24) is 4.72 Å². The summed E-state index contributed by atoms with van der Waals surface area (Å²) in [6.45, 7) is 0.883. The van der Waals surface area contributed by atoms with Crippen molar-refractivity contribution in [3.8, 4) is 17.2 Å². The van der Waals surface area contributed by atoms with E-state index >= 15 is 0 Å². The second kappa shape index (κ2) is 9.93. The molecule has 0 fully saturated rings. The van der Waals surface area contributed by atoms with Crippen LogP contribution in [0.25, 0.3) is 0 Å². The lowest BCUT2D eigenvalue weighted by molar-refractivity contribution is -0.117. The normalized spacial score (nSPS) is 13.7. The van der Waals surface area contributed by atoms with E-state index in [1.54, 1.807) is 30.3 Å². The minimum absolute atomic E-state index is 0.0356. The molecular formula is C24H24N2O6S. The number of rotatable bonds is 8. The third kappa shape index (κ3) is 5.63. The van der Waals surface area contributed by atoms with Crippen LogP contribution in [0.1, 0.15) is 5.56 Å². The van der Waals surface area contributed by atoms with Gasteiger partial charge in [-0.05, 0) is 48.4 Å². The van der Waals surface area contributed by atoms with Crippen molar-refractivity contribution in [1.29, 1.82) is 0 Å². The highest BCUT2D eigenvalue weighted by Gasteiger charge is 2.27. The molecule has 0 aromatic heterocycles. The molecule has 1 amide bonds. The minimum atomic E-state index is -3.97. The fourth-order valence-corrected chi connectivity index (χ4v) is 4.59. The molecule has 1 heterocycles. The summed E-state index contributed by atoms with van der Waals surface area (Å²) in [6.07, 6.45) is 0.173. The molecule has 1 atom stereocenters. The number of nitrogens with one attached hydrogen (secondary N) is 2. The van der Waals surface area contributed by atoms with E-state index in [1.165, 1.54) is 19.2 Å². The molecule has 8 nitrogen and oxygen atoms in total. The zero-order chi connectivity index (χ0) is 23.3. The molecule has 0 spiro atoms. The van der Waals surface area contributed by atoms with E-state index in [0.29, 0.717) is 36.1 Å². The van der Waals surface area contributed by atoms with Crippen molar-refractivity contribution in [3.63, 3.8) is 0 Å². The van der Waals surface area contributed by atoms with Crippen LogP contribution in [0.2, 0.25) is 0 Å². The Morgan fingerprint density at radius 3 is 2.36 bits per heavy atom. The zero-order valence-corrected chi connectivity index (χ0v) is 18.8. The fraction of sp³-hybridized carbons (Fsp3) is 0.208. The van der Waals surface area contributed by atoms with Gasteiger partial charge in [-0.3, -0.25) is 4.79 Å². The number of amides is 1. The summed E-state index contributed by atoms with van der Waals surface area (Å²) >= 11 is 0. The first-order chi connectivity index (χ1) is 15.9. The van der Waals surface area contributed by atoms with E-state index in [0.717, 1.165) is 5.56 Å². The number of benzene rings is 3. The first-order valence-corrected chi connectivity index (χ1v) is 11.8. The fourth-order valence-electron chi connectivity index (χ4n) is 3.40. The highest BCUT2D eigenvalue weighted by Crippen LogP contribution is 2.32. The molecule has 3 aromatic carbocycles. The van der Waals surface area contributed by atoms with Crippen LogP contribution in [-0.4, -0.2) is 40.7 Å². The van der Waals surface area contributed by atoms with Crippen molar-refractivity contribution in [3.05, 3.63) is 78.4 Å². The number of anilines is 1. The molecule has 2 N–H and O–H groups in total.